The number of halogens is 3. The molecule has 0 spiro atoms. The monoisotopic (exact) mass is 420 g/mol. The van der Waals surface area contributed by atoms with Crippen molar-refractivity contribution in [2.45, 2.75) is 57.7 Å². The standard InChI is InChI=1S/C20H23F3N6O/c1-10(2)25-19-24-9-16-18(28-19)29(12-3-5-13(30)6-4-12)20(26-16)27-17-14(22)7-11(21)8-15(17)23/h7-10,12-13,30H,3-6H2,1-2H3,(H,26,27)(H,24,25,28). The average Bonchev–Trinajstić information content (AvgIpc) is 3.02. The fourth-order valence-corrected chi connectivity index (χ4v) is 3.74. The maximum Gasteiger partial charge on any atom is 0.224 e. The second kappa shape index (κ2) is 8.10. The Hall–Kier alpha value is -2.88. The molecule has 0 amide bonds. The van der Waals surface area contributed by atoms with Crippen LogP contribution in [0.4, 0.5) is 30.8 Å². The summed E-state index contributed by atoms with van der Waals surface area (Å²) in [5.41, 5.74) is 0.484. The molecule has 1 saturated carbocycles. The lowest BCUT2D eigenvalue weighted by Gasteiger charge is -2.28. The number of hydrogen-bond acceptors (Lipinski definition) is 6. The zero-order valence-electron chi connectivity index (χ0n) is 16.7. The Morgan fingerprint density at radius 2 is 1.73 bits per heavy atom. The Kier molecular flexibility index (Phi) is 5.50. The van der Waals surface area contributed by atoms with Gasteiger partial charge in [-0.05, 0) is 39.5 Å². The molecule has 1 aliphatic carbocycles. The molecular formula is C20H23F3N6O. The number of aromatic nitrogens is 4. The van der Waals surface area contributed by atoms with Crippen molar-refractivity contribution in [1.29, 1.82) is 0 Å². The molecule has 0 unspecified atom stereocenters. The highest BCUT2D eigenvalue weighted by Crippen LogP contribution is 2.35. The molecule has 2 aromatic heterocycles. The molecule has 0 atom stereocenters. The highest BCUT2D eigenvalue weighted by Gasteiger charge is 2.27. The van der Waals surface area contributed by atoms with Crippen LogP contribution in [0.1, 0.15) is 45.6 Å². The molecule has 2 heterocycles. The van der Waals surface area contributed by atoms with Gasteiger partial charge in [0.15, 0.2) is 17.3 Å². The number of aliphatic hydroxyl groups excluding tert-OH is 1. The molecule has 10 heteroatoms. The number of fused-ring (bicyclic) bond motifs is 1. The summed E-state index contributed by atoms with van der Waals surface area (Å²) in [6.07, 6.45) is 3.70. The predicted molar refractivity (Wildman–Crippen MR) is 107 cm³/mol. The molecular weight excluding hydrogens is 397 g/mol. The lowest BCUT2D eigenvalue weighted by atomic mass is 9.93. The summed E-state index contributed by atoms with van der Waals surface area (Å²) >= 11 is 0. The predicted octanol–water partition coefficient (Wildman–Crippen LogP) is 4.28. The van der Waals surface area contributed by atoms with Gasteiger partial charge in [-0.25, -0.2) is 23.1 Å². The maximum absolute atomic E-state index is 14.2. The van der Waals surface area contributed by atoms with E-state index in [1.165, 1.54) is 0 Å². The third-order valence-corrected chi connectivity index (χ3v) is 5.13. The van der Waals surface area contributed by atoms with Crippen LogP contribution in [0.2, 0.25) is 0 Å². The summed E-state index contributed by atoms with van der Waals surface area (Å²) in [5.74, 6) is -2.51. The summed E-state index contributed by atoms with van der Waals surface area (Å²) < 4.78 is 43.5. The van der Waals surface area contributed by atoms with E-state index in [9.17, 15) is 18.3 Å². The molecule has 7 nitrogen and oxygen atoms in total. The quantitative estimate of drug-likeness (QED) is 0.571. The van der Waals surface area contributed by atoms with Crippen molar-refractivity contribution < 1.29 is 18.3 Å². The Bertz CT molecular complexity index is 1040. The summed E-state index contributed by atoms with van der Waals surface area (Å²) in [6, 6.07) is 1.26. The van der Waals surface area contributed by atoms with Gasteiger partial charge in [-0.1, -0.05) is 0 Å². The first-order valence-corrected chi connectivity index (χ1v) is 9.93. The van der Waals surface area contributed by atoms with E-state index >= 15 is 0 Å². The van der Waals surface area contributed by atoms with Crippen LogP contribution < -0.4 is 10.6 Å². The normalized spacial score (nSPS) is 19.4. The van der Waals surface area contributed by atoms with Crippen molar-refractivity contribution in [3.63, 3.8) is 0 Å². The minimum Gasteiger partial charge on any atom is -0.393 e. The summed E-state index contributed by atoms with van der Waals surface area (Å²) in [5, 5.41) is 15.7. The van der Waals surface area contributed by atoms with Crippen LogP contribution in [0.5, 0.6) is 0 Å². The van der Waals surface area contributed by atoms with Gasteiger partial charge in [0.05, 0.1) is 12.3 Å². The van der Waals surface area contributed by atoms with Gasteiger partial charge in [-0.3, -0.25) is 4.57 Å². The first kappa shape index (κ1) is 20.4. The van der Waals surface area contributed by atoms with Gasteiger partial charge in [-0.15, -0.1) is 0 Å². The summed E-state index contributed by atoms with van der Waals surface area (Å²) in [7, 11) is 0. The van der Waals surface area contributed by atoms with E-state index in [2.05, 4.69) is 25.6 Å². The Morgan fingerprint density at radius 3 is 2.37 bits per heavy atom. The molecule has 30 heavy (non-hydrogen) atoms. The molecule has 0 aliphatic heterocycles. The van der Waals surface area contributed by atoms with Crippen molar-refractivity contribution in [3.05, 3.63) is 35.8 Å². The largest absolute Gasteiger partial charge is 0.393 e. The number of rotatable bonds is 5. The zero-order valence-corrected chi connectivity index (χ0v) is 16.7. The third-order valence-electron chi connectivity index (χ3n) is 5.13. The highest BCUT2D eigenvalue weighted by molar-refractivity contribution is 5.76. The van der Waals surface area contributed by atoms with Gasteiger partial charge < -0.3 is 15.7 Å². The molecule has 1 aromatic carbocycles. The van der Waals surface area contributed by atoms with E-state index in [0.29, 0.717) is 54.9 Å². The Labute approximate surface area is 171 Å². The Balaban J connectivity index is 1.81. The van der Waals surface area contributed by atoms with E-state index in [1.54, 1.807) is 10.8 Å². The van der Waals surface area contributed by atoms with Crippen molar-refractivity contribution >= 4 is 28.7 Å². The van der Waals surface area contributed by atoms with E-state index in [1.807, 2.05) is 13.8 Å². The number of hydrogen-bond donors (Lipinski definition) is 3. The minimum atomic E-state index is -1.06. The number of imidazole rings is 1. The number of anilines is 3. The lowest BCUT2D eigenvalue weighted by molar-refractivity contribution is 0.112. The van der Waals surface area contributed by atoms with Gasteiger partial charge in [0, 0.05) is 24.2 Å². The van der Waals surface area contributed by atoms with Crippen LogP contribution in [0.3, 0.4) is 0 Å². The smallest absolute Gasteiger partial charge is 0.224 e. The number of aliphatic hydroxyl groups is 1. The summed E-state index contributed by atoms with van der Waals surface area (Å²) in [4.78, 5) is 13.2. The third kappa shape index (κ3) is 4.04. The van der Waals surface area contributed by atoms with Crippen LogP contribution in [0.15, 0.2) is 18.3 Å². The van der Waals surface area contributed by atoms with Crippen LogP contribution in [0.25, 0.3) is 11.2 Å². The molecule has 1 aliphatic rings. The van der Waals surface area contributed by atoms with Gasteiger partial charge in [0.2, 0.25) is 11.9 Å². The highest BCUT2D eigenvalue weighted by atomic mass is 19.1. The summed E-state index contributed by atoms with van der Waals surface area (Å²) in [6.45, 7) is 3.92. The number of nitrogens with one attached hydrogen (secondary N) is 2. The first-order chi connectivity index (χ1) is 14.3. The minimum absolute atomic E-state index is 0.0747. The second-order valence-electron chi connectivity index (χ2n) is 7.84. The molecule has 3 aromatic rings. The van der Waals surface area contributed by atoms with E-state index in [0.717, 1.165) is 0 Å². The van der Waals surface area contributed by atoms with Crippen LogP contribution in [-0.4, -0.2) is 36.8 Å². The van der Waals surface area contributed by atoms with Crippen molar-refractivity contribution in [2.24, 2.45) is 0 Å². The Morgan fingerprint density at radius 1 is 1.07 bits per heavy atom. The molecule has 0 saturated heterocycles. The van der Waals surface area contributed by atoms with Gasteiger partial charge in [-0.2, -0.15) is 4.98 Å². The fraction of sp³-hybridized carbons (Fsp3) is 0.450. The molecule has 0 bridgehead atoms. The number of benzene rings is 1. The lowest BCUT2D eigenvalue weighted by Crippen LogP contribution is -2.22. The van der Waals surface area contributed by atoms with Gasteiger partial charge in [0.1, 0.15) is 17.0 Å². The van der Waals surface area contributed by atoms with Gasteiger partial charge >= 0.3 is 0 Å². The van der Waals surface area contributed by atoms with Crippen LogP contribution in [-0.2, 0) is 0 Å². The molecule has 4 rings (SSSR count). The van der Waals surface area contributed by atoms with E-state index in [-0.39, 0.29) is 24.1 Å². The molecule has 160 valence electrons. The van der Waals surface area contributed by atoms with Crippen molar-refractivity contribution in [1.82, 2.24) is 19.5 Å². The van der Waals surface area contributed by atoms with E-state index in [4.69, 9.17) is 0 Å². The SMILES string of the molecule is CC(C)Nc1ncc2nc(Nc3c(F)cc(F)cc3F)n(C3CCC(O)CC3)c2n1. The zero-order chi connectivity index (χ0) is 21.4. The van der Waals surface area contributed by atoms with Gasteiger partial charge in [0.25, 0.3) is 0 Å². The van der Waals surface area contributed by atoms with Crippen LogP contribution >= 0.6 is 0 Å². The van der Waals surface area contributed by atoms with E-state index < -0.39 is 23.1 Å². The average molecular weight is 420 g/mol. The fourth-order valence-electron chi connectivity index (χ4n) is 3.74. The van der Waals surface area contributed by atoms with Crippen LogP contribution in [0, 0.1) is 17.5 Å². The van der Waals surface area contributed by atoms with Crippen molar-refractivity contribution in [3.8, 4) is 0 Å². The molecule has 0 radical (unpaired) electrons. The molecule has 1 fully saturated rings. The molecule has 3 N–H and O–H groups in total. The topological polar surface area (TPSA) is 87.9 Å². The maximum atomic E-state index is 14.2. The second-order valence-corrected chi connectivity index (χ2v) is 7.84. The van der Waals surface area contributed by atoms with Crippen molar-refractivity contribution in [2.75, 3.05) is 10.6 Å². The first-order valence-electron chi connectivity index (χ1n) is 9.93. The number of nitrogens with zero attached hydrogens (tertiary/aromatic N) is 4.